The second kappa shape index (κ2) is 17.6. The van der Waals surface area contributed by atoms with Crippen LogP contribution in [0.4, 0.5) is 0 Å². The Hall–Kier alpha value is -2.35. The fraction of sp³-hybridized carbons (Fsp3) is 0.705. The minimum Gasteiger partial charge on any atom is -0.497 e. The lowest BCUT2D eigenvalue weighted by atomic mass is 9.66. The van der Waals surface area contributed by atoms with Gasteiger partial charge in [0.15, 0.2) is 14.1 Å². The van der Waals surface area contributed by atoms with Crippen molar-refractivity contribution in [1.82, 2.24) is 0 Å². The van der Waals surface area contributed by atoms with Gasteiger partial charge in [-0.05, 0) is 93.6 Å². The van der Waals surface area contributed by atoms with E-state index in [9.17, 15) is 15.3 Å². The molecule has 0 aliphatic heterocycles. The van der Waals surface area contributed by atoms with Gasteiger partial charge in [-0.2, -0.15) is 0 Å². The molecule has 0 aromatic heterocycles. The Labute approximate surface area is 331 Å². The summed E-state index contributed by atoms with van der Waals surface area (Å²) in [5, 5.41) is 37.8. The minimum absolute atomic E-state index is 0.0785. The molecule has 0 heterocycles. The molecule has 55 heavy (non-hydrogen) atoms. The predicted molar refractivity (Wildman–Crippen MR) is 217 cm³/mol. The topological polar surface area (TPSA) is 133 Å². The number of fused-ring (bicyclic) bond motifs is 2. The van der Waals surface area contributed by atoms with E-state index in [1.807, 2.05) is 83.1 Å². The van der Waals surface area contributed by atoms with Gasteiger partial charge in [-0.25, -0.2) is 0 Å². The molecule has 10 nitrogen and oxygen atoms in total. The summed E-state index contributed by atoms with van der Waals surface area (Å²) in [5.41, 5.74) is -2.39. The van der Waals surface area contributed by atoms with E-state index < -0.39 is 61.2 Å². The molecule has 0 saturated heterocycles. The average Bonchev–Trinajstić information content (AvgIpc) is 3.36. The molecular weight excluding hydrogens is 717 g/mol. The van der Waals surface area contributed by atoms with Gasteiger partial charge in [0.05, 0.1) is 58.0 Å². The van der Waals surface area contributed by atoms with Crippen LogP contribution in [0.15, 0.2) is 48.5 Å². The molecule has 2 aromatic carbocycles. The van der Waals surface area contributed by atoms with Gasteiger partial charge in [0.2, 0.25) is 0 Å². The van der Waals surface area contributed by atoms with Gasteiger partial charge in [0.25, 0.3) is 0 Å². The lowest BCUT2D eigenvalue weighted by molar-refractivity contribution is -0.223. The van der Waals surface area contributed by atoms with Gasteiger partial charge in [-0.15, -0.1) is 0 Å². The number of rotatable bonds is 16. The molecule has 0 spiro atoms. The number of aliphatic hydroxyl groups is 3. The monoisotopic (exact) mass is 786 g/mol. The zero-order valence-corrected chi connectivity index (χ0v) is 36.7. The number of carbonyl (C=O) groups excluding carboxylic acids is 1. The van der Waals surface area contributed by atoms with Gasteiger partial charge < -0.3 is 43.4 Å². The van der Waals surface area contributed by atoms with Crippen molar-refractivity contribution in [3.63, 3.8) is 0 Å². The summed E-state index contributed by atoms with van der Waals surface area (Å²) in [6.45, 7) is 22.1. The molecule has 2 bridgehead atoms. The van der Waals surface area contributed by atoms with Crippen molar-refractivity contribution in [3.8, 4) is 11.5 Å². The number of ketones is 1. The maximum atomic E-state index is 15.2. The predicted octanol–water partition coefficient (Wildman–Crippen LogP) is 7.49. The molecule has 2 aromatic rings. The van der Waals surface area contributed by atoms with Gasteiger partial charge in [0.1, 0.15) is 29.3 Å². The van der Waals surface area contributed by atoms with Crippen LogP contribution >= 0.6 is 0 Å². The number of carbonyl (C=O) groups is 1. The van der Waals surface area contributed by atoms with Crippen LogP contribution in [0, 0.1) is 23.2 Å². The molecule has 2 saturated carbocycles. The lowest BCUT2D eigenvalue weighted by Gasteiger charge is -2.51. The van der Waals surface area contributed by atoms with E-state index in [2.05, 4.69) is 33.9 Å². The van der Waals surface area contributed by atoms with Crippen LogP contribution in [0.1, 0.15) is 92.7 Å². The maximum Gasteiger partial charge on any atom is 0.192 e. The summed E-state index contributed by atoms with van der Waals surface area (Å²) >= 11 is 0. The van der Waals surface area contributed by atoms with Crippen molar-refractivity contribution in [1.29, 1.82) is 0 Å². The zero-order chi connectivity index (χ0) is 41.1. The van der Waals surface area contributed by atoms with Crippen molar-refractivity contribution in [3.05, 3.63) is 59.7 Å². The Morgan fingerprint density at radius 1 is 0.891 bits per heavy atom. The fourth-order valence-corrected chi connectivity index (χ4v) is 9.86. The second-order valence-electron chi connectivity index (χ2n) is 18.4. The Morgan fingerprint density at radius 3 is 1.89 bits per heavy atom. The Bertz CT molecular complexity index is 1540. The largest absolute Gasteiger partial charge is 0.497 e. The highest BCUT2D eigenvalue weighted by Gasteiger charge is 2.65. The molecular formula is C44H70O10Si. The van der Waals surface area contributed by atoms with Crippen molar-refractivity contribution in [2.24, 2.45) is 23.2 Å². The Morgan fingerprint density at radius 2 is 1.42 bits per heavy atom. The zero-order valence-electron chi connectivity index (χ0n) is 35.7. The summed E-state index contributed by atoms with van der Waals surface area (Å²) in [4.78, 5) is 15.2. The van der Waals surface area contributed by atoms with Crippen LogP contribution < -0.4 is 9.47 Å². The van der Waals surface area contributed by atoms with Crippen LogP contribution in [0.3, 0.4) is 0 Å². The Balaban J connectivity index is 1.88. The van der Waals surface area contributed by atoms with Crippen molar-refractivity contribution >= 4 is 14.1 Å². The molecule has 9 atom stereocenters. The van der Waals surface area contributed by atoms with Gasteiger partial charge in [-0.3, -0.25) is 4.79 Å². The van der Waals surface area contributed by atoms with Crippen LogP contribution in [-0.4, -0.2) is 92.0 Å². The number of ether oxygens (including phenoxy) is 5. The molecule has 310 valence electrons. The first-order chi connectivity index (χ1) is 25.5. The quantitative estimate of drug-likeness (QED) is 0.147. The van der Waals surface area contributed by atoms with Gasteiger partial charge >= 0.3 is 0 Å². The summed E-state index contributed by atoms with van der Waals surface area (Å²) in [7, 11) is 0.665. The van der Waals surface area contributed by atoms with Crippen molar-refractivity contribution in [2.75, 3.05) is 20.8 Å². The van der Waals surface area contributed by atoms with E-state index >= 15 is 4.79 Å². The standard InChI is InChI=1S/C44H70O10Si/c1-28(2)53-27-43(47,40(30(4)45)52-26-32-16-20-34(50-11)21-17-32)36-24-37(54-55(12,13)41(5,6)7)44(48)23-22-35(42(44,8)9)39(38(46)29(36)3)51-25-31-14-18-33(49-10)19-15-31/h14-21,28-30,35-37,39-40,45,47-48H,22-27H2,1-13H3/t29-,30-,35-,36-,37-,39-,40-,43-,44+/m1/s1. The van der Waals surface area contributed by atoms with Crippen LogP contribution in [0.25, 0.3) is 0 Å². The van der Waals surface area contributed by atoms with Crippen LogP contribution in [0.5, 0.6) is 11.5 Å². The SMILES string of the molecule is COc1ccc(CO[C@H]([C@@H](C)O)[C@@](O)(COC(C)C)[C@@H]2C[C@@H](O[Si](C)(C)C(C)(C)C)[C@@]3(O)CC[C@H]([C@@H](OCc4ccc(OC)cc4)C(=O)[C@@H]2C)C3(C)C)cc1. The first-order valence-electron chi connectivity index (χ1n) is 20.0. The van der Waals surface area contributed by atoms with E-state index in [0.717, 1.165) is 16.9 Å². The molecule has 4 rings (SSSR count). The average molecular weight is 787 g/mol. The third kappa shape index (κ3) is 9.69. The van der Waals surface area contributed by atoms with Crippen LogP contribution in [0.2, 0.25) is 18.1 Å². The summed E-state index contributed by atoms with van der Waals surface area (Å²) in [6.07, 6.45) is -3.16. The second-order valence-corrected chi connectivity index (χ2v) is 23.2. The first-order valence-corrected chi connectivity index (χ1v) is 22.9. The highest BCUT2D eigenvalue weighted by molar-refractivity contribution is 6.74. The van der Waals surface area contributed by atoms with E-state index in [-0.39, 0.29) is 49.1 Å². The number of methoxy groups -OCH3 is 2. The summed E-state index contributed by atoms with van der Waals surface area (Å²) < 4.78 is 37.4. The molecule has 0 amide bonds. The molecule has 0 radical (unpaired) electrons. The van der Waals surface area contributed by atoms with E-state index in [1.54, 1.807) is 21.1 Å². The van der Waals surface area contributed by atoms with E-state index in [0.29, 0.717) is 18.6 Å². The number of Topliss-reactive ketones (excluding diaryl/α,β-unsaturated/α-hetero) is 1. The fourth-order valence-electron chi connectivity index (χ4n) is 8.50. The lowest BCUT2D eigenvalue weighted by Crippen LogP contribution is -2.63. The smallest absolute Gasteiger partial charge is 0.192 e. The Kier molecular flexibility index (Phi) is 14.5. The molecule has 2 fully saturated rings. The number of hydrogen-bond acceptors (Lipinski definition) is 10. The molecule has 2 aliphatic rings. The van der Waals surface area contributed by atoms with Gasteiger partial charge in [-0.1, -0.05) is 65.8 Å². The molecule has 2 aliphatic carbocycles. The molecule has 0 unspecified atom stereocenters. The number of benzene rings is 2. The summed E-state index contributed by atoms with van der Waals surface area (Å²) in [6, 6.07) is 15.0. The number of hydrogen-bond donors (Lipinski definition) is 3. The molecule has 11 heteroatoms. The minimum atomic E-state index is -2.55. The van der Waals surface area contributed by atoms with Crippen molar-refractivity contribution < 1.29 is 48.2 Å². The first kappa shape index (κ1) is 45.4. The van der Waals surface area contributed by atoms with Crippen LogP contribution in [-0.2, 0) is 36.6 Å². The third-order valence-electron chi connectivity index (χ3n) is 13.2. The summed E-state index contributed by atoms with van der Waals surface area (Å²) in [5.74, 6) is -0.780. The highest BCUT2D eigenvalue weighted by Crippen LogP contribution is 2.58. The highest BCUT2D eigenvalue weighted by atomic mass is 28.4. The van der Waals surface area contributed by atoms with E-state index in [4.69, 9.17) is 28.1 Å². The maximum absolute atomic E-state index is 15.2. The van der Waals surface area contributed by atoms with E-state index in [1.165, 1.54) is 0 Å². The molecule has 3 N–H and O–H groups in total. The number of aliphatic hydroxyl groups excluding tert-OH is 1. The normalized spacial score (nSPS) is 28.2. The third-order valence-corrected chi connectivity index (χ3v) is 17.7. The van der Waals surface area contributed by atoms with Crippen molar-refractivity contribution in [2.45, 2.75) is 155 Å². The van der Waals surface area contributed by atoms with Gasteiger partial charge in [0, 0.05) is 23.2 Å².